The van der Waals surface area contributed by atoms with Gasteiger partial charge < -0.3 is 5.32 Å². The fraction of sp³-hybridized carbons (Fsp3) is 0.824. The van der Waals surface area contributed by atoms with Gasteiger partial charge in [0.15, 0.2) is 0 Å². The van der Waals surface area contributed by atoms with Crippen molar-refractivity contribution in [1.82, 2.24) is 15.1 Å². The zero-order valence-electron chi connectivity index (χ0n) is 13.3. The molecule has 1 N–H and O–H groups in total. The van der Waals surface area contributed by atoms with Crippen LogP contribution in [0, 0.1) is 11.8 Å². The Balaban J connectivity index is 1.79. The minimum absolute atomic E-state index is 0.574. The minimum Gasteiger partial charge on any atom is -0.314 e. The van der Waals surface area contributed by atoms with E-state index in [4.69, 9.17) is 11.6 Å². The summed E-state index contributed by atoms with van der Waals surface area (Å²) in [7, 11) is 0. The molecular formula is C17H28ClN3. The lowest BCUT2D eigenvalue weighted by molar-refractivity contribution is 0.217. The van der Waals surface area contributed by atoms with Crippen LogP contribution in [-0.4, -0.2) is 22.4 Å². The molecule has 2 saturated carbocycles. The highest BCUT2D eigenvalue weighted by Crippen LogP contribution is 2.43. The predicted molar refractivity (Wildman–Crippen MR) is 87.8 cm³/mol. The smallest absolute Gasteiger partial charge is 0.0820 e. The van der Waals surface area contributed by atoms with Crippen LogP contribution in [-0.2, 0) is 6.54 Å². The maximum Gasteiger partial charge on any atom is 0.0820 e. The van der Waals surface area contributed by atoms with E-state index in [0.717, 1.165) is 30.1 Å². The summed E-state index contributed by atoms with van der Waals surface area (Å²) in [5.74, 6) is 2.14. The number of aromatic nitrogens is 2. The normalized spacial score (nSPS) is 29.8. The lowest BCUT2D eigenvalue weighted by Gasteiger charge is -2.36. The Kier molecular flexibility index (Phi) is 4.90. The van der Waals surface area contributed by atoms with Gasteiger partial charge in [-0.2, -0.15) is 5.10 Å². The first-order chi connectivity index (χ1) is 10.2. The molecule has 3 atom stereocenters. The quantitative estimate of drug-likeness (QED) is 0.852. The summed E-state index contributed by atoms with van der Waals surface area (Å²) in [5, 5.41) is 9.07. The molecule has 1 heterocycles. The van der Waals surface area contributed by atoms with Crippen LogP contribution in [0.4, 0.5) is 0 Å². The predicted octanol–water partition coefficient (Wildman–Crippen LogP) is 4.22. The average Bonchev–Trinajstić information content (AvgIpc) is 3.26. The molecule has 3 unspecified atom stereocenters. The standard InChI is InChI=1S/C17H28ClN3/c1-3-12-5-6-13(10-19-14-7-8-14)15(9-12)17-16(18)11-20-21(17)4-2/h11-15,19H,3-10H2,1-2H3. The highest BCUT2D eigenvalue weighted by atomic mass is 35.5. The average molecular weight is 310 g/mol. The third kappa shape index (κ3) is 3.45. The summed E-state index contributed by atoms with van der Waals surface area (Å²) in [6, 6.07) is 0.793. The van der Waals surface area contributed by atoms with E-state index in [0.29, 0.717) is 11.8 Å². The zero-order valence-corrected chi connectivity index (χ0v) is 14.1. The van der Waals surface area contributed by atoms with Gasteiger partial charge in [-0.25, -0.2) is 0 Å². The minimum atomic E-state index is 0.574. The highest BCUT2D eigenvalue weighted by Gasteiger charge is 2.35. The van der Waals surface area contributed by atoms with Crippen molar-refractivity contribution in [2.45, 2.75) is 70.9 Å². The van der Waals surface area contributed by atoms with Crippen molar-refractivity contribution < 1.29 is 0 Å². The summed E-state index contributed by atoms with van der Waals surface area (Å²) < 4.78 is 2.12. The fourth-order valence-corrected chi connectivity index (χ4v) is 4.15. The Morgan fingerprint density at radius 2 is 2.10 bits per heavy atom. The van der Waals surface area contributed by atoms with E-state index in [9.17, 15) is 0 Å². The Hall–Kier alpha value is -0.540. The van der Waals surface area contributed by atoms with Crippen molar-refractivity contribution in [2.24, 2.45) is 11.8 Å². The summed E-state index contributed by atoms with van der Waals surface area (Å²) in [6.45, 7) is 6.54. The Bertz CT molecular complexity index is 467. The molecule has 0 saturated heterocycles. The molecular weight excluding hydrogens is 282 g/mol. The number of nitrogens with one attached hydrogen (secondary N) is 1. The molecule has 2 fully saturated rings. The molecule has 2 aliphatic carbocycles. The summed E-state index contributed by atoms with van der Waals surface area (Å²) >= 11 is 6.48. The second kappa shape index (κ2) is 6.70. The zero-order chi connectivity index (χ0) is 14.8. The molecule has 0 amide bonds. The maximum atomic E-state index is 6.48. The van der Waals surface area contributed by atoms with E-state index in [1.165, 1.54) is 44.2 Å². The summed E-state index contributed by atoms with van der Waals surface area (Å²) in [5.41, 5.74) is 1.29. The van der Waals surface area contributed by atoms with Gasteiger partial charge in [0.25, 0.3) is 0 Å². The van der Waals surface area contributed by atoms with Crippen molar-refractivity contribution in [3.63, 3.8) is 0 Å². The van der Waals surface area contributed by atoms with Gasteiger partial charge in [0.05, 0.1) is 16.9 Å². The number of aryl methyl sites for hydroxylation is 1. The maximum absolute atomic E-state index is 6.48. The molecule has 0 bridgehead atoms. The van der Waals surface area contributed by atoms with Gasteiger partial charge in [0.1, 0.15) is 0 Å². The Morgan fingerprint density at radius 3 is 2.76 bits per heavy atom. The second-order valence-corrected chi connectivity index (χ2v) is 7.24. The van der Waals surface area contributed by atoms with Crippen LogP contribution in [0.1, 0.15) is 64.0 Å². The van der Waals surface area contributed by atoms with Crippen LogP contribution >= 0.6 is 11.6 Å². The van der Waals surface area contributed by atoms with Gasteiger partial charge in [-0.3, -0.25) is 4.68 Å². The molecule has 4 heteroatoms. The van der Waals surface area contributed by atoms with Gasteiger partial charge in [-0.15, -0.1) is 0 Å². The SMILES string of the molecule is CCC1CCC(CNC2CC2)C(c2c(Cl)cnn2CC)C1. The molecule has 0 aromatic carbocycles. The third-order valence-corrected chi connectivity index (χ3v) is 5.70. The summed E-state index contributed by atoms with van der Waals surface area (Å²) in [6.07, 6.45) is 9.83. The van der Waals surface area contributed by atoms with E-state index in [2.05, 4.69) is 28.9 Å². The number of hydrogen-bond acceptors (Lipinski definition) is 2. The van der Waals surface area contributed by atoms with Crippen LogP contribution < -0.4 is 5.32 Å². The number of halogens is 1. The first-order valence-electron chi connectivity index (χ1n) is 8.67. The number of rotatable bonds is 6. The molecule has 3 rings (SSSR count). The first kappa shape index (κ1) is 15.4. The molecule has 3 nitrogen and oxygen atoms in total. The Labute approximate surface area is 133 Å². The van der Waals surface area contributed by atoms with Crippen molar-refractivity contribution in [1.29, 1.82) is 0 Å². The van der Waals surface area contributed by atoms with E-state index < -0.39 is 0 Å². The third-order valence-electron chi connectivity index (χ3n) is 5.41. The topological polar surface area (TPSA) is 29.9 Å². The van der Waals surface area contributed by atoms with Gasteiger partial charge in [0, 0.05) is 18.5 Å². The molecule has 118 valence electrons. The molecule has 1 aromatic heterocycles. The lowest BCUT2D eigenvalue weighted by atomic mass is 9.71. The van der Waals surface area contributed by atoms with Crippen molar-refractivity contribution in [2.75, 3.05) is 6.54 Å². The van der Waals surface area contributed by atoms with Crippen LogP contribution in [0.25, 0.3) is 0 Å². The van der Waals surface area contributed by atoms with E-state index in [1.54, 1.807) is 0 Å². The van der Waals surface area contributed by atoms with Gasteiger partial charge in [-0.05, 0) is 51.0 Å². The molecule has 21 heavy (non-hydrogen) atoms. The monoisotopic (exact) mass is 309 g/mol. The van der Waals surface area contributed by atoms with Gasteiger partial charge >= 0.3 is 0 Å². The number of hydrogen-bond donors (Lipinski definition) is 1. The van der Waals surface area contributed by atoms with Gasteiger partial charge in [-0.1, -0.05) is 31.4 Å². The van der Waals surface area contributed by atoms with Crippen LogP contribution in [0.2, 0.25) is 5.02 Å². The van der Waals surface area contributed by atoms with E-state index in [1.807, 2.05) is 6.20 Å². The first-order valence-corrected chi connectivity index (χ1v) is 9.05. The van der Waals surface area contributed by atoms with Gasteiger partial charge in [0.2, 0.25) is 0 Å². The van der Waals surface area contributed by atoms with Crippen LogP contribution in [0.3, 0.4) is 0 Å². The molecule has 0 aliphatic heterocycles. The molecule has 2 aliphatic rings. The van der Waals surface area contributed by atoms with Crippen molar-refractivity contribution >= 4 is 11.6 Å². The Morgan fingerprint density at radius 1 is 1.29 bits per heavy atom. The van der Waals surface area contributed by atoms with E-state index >= 15 is 0 Å². The molecule has 0 radical (unpaired) electrons. The van der Waals surface area contributed by atoms with Crippen LogP contribution in [0.15, 0.2) is 6.20 Å². The number of nitrogens with zero attached hydrogens (tertiary/aromatic N) is 2. The largest absolute Gasteiger partial charge is 0.314 e. The molecule has 1 aromatic rings. The van der Waals surface area contributed by atoms with E-state index in [-0.39, 0.29) is 0 Å². The van der Waals surface area contributed by atoms with Crippen molar-refractivity contribution in [3.05, 3.63) is 16.9 Å². The molecule has 0 spiro atoms. The fourth-order valence-electron chi connectivity index (χ4n) is 3.87. The highest BCUT2D eigenvalue weighted by molar-refractivity contribution is 6.31. The van der Waals surface area contributed by atoms with Crippen LogP contribution in [0.5, 0.6) is 0 Å². The summed E-state index contributed by atoms with van der Waals surface area (Å²) in [4.78, 5) is 0. The van der Waals surface area contributed by atoms with Crippen molar-refractivity contribution in [3.8, 4) is 0 Å². The lowest BCUT2D eigenvalue weighted by Crippen LogP contribution is -2.34. The second-order valence-electron chi connectivity index (χ2n) is 6.83.